The predicted octanol–water partition coefficient (Wildman–Crippen LogP) is 0.716. The van der Waals surface area contributed by atoms with E-state index in [9.17, 15) is 17.7 Å². The first kappa shape index (κ1) is 7.60. The molecule has 0 aliphatic heterocycles. The minimum atomic E-state index is -3.25. The van der Waals surface area contributed by atoms with E-state index in [1.807, 2.05) is 0 Å². The van der Waals surface area contributed by atoms with Gasteiger partial charge in [0.1, 0.15) is 5.45 Å². The van der Waals surface area contributed by atoms with Crippen molar-refractivity contribution in [2.75, 3.05) is 0 Å². The number of hydrazine groups is 1. The summed E-state index contributed by atoms with van der Waals surface area (Å²) in [5.74, 6) is 0. The number of hydrogen-bond donors (Lipinski definition) is 1. The zero-order chi connectivity index (χ0) is 6.57. The zero-order valence-electron chi connectivity index (χ0n) is 3.44. The van der Waals surface area contributed by atoms with E-state index in [0.717, 1.165) is 0 Å². The lowest BCUT2D eigenvalue weighted by Gasteiger charge is -2.00. The fourth-order valence-corrected chi connectivity index (χ4v) is 0.0797. The summed E-state index contributed by atoms with van der Waals surface area (Å²) < 4.78 is 42.8. The van der Waals surface area contributed by atoms with Crippen molar-refractivity contribution >= 4 is 0 Å². The molecule has 0 fully saturated rings. The molecule has 0 aromatic rings. The van der Waals surface area contributed by atoms with E-state index in [0.29, 0.717) is 5.59 Å². The van der Waals surface area contributed by atoms with Gasteiger partial charge in [0.25, 0.3) is 0 Å². The van der Waals surface area contributed by atoms with E-state index in [1.165, 1.54) is 0 Å². The number of hydrogen-bond acceptors (Lipinski definition) is 3. The van der Waals surface area contributed by atoms with Crippen LogP contribution in [0, 0.1) is 0 Å². The van der Waals surface area contributed by atoms with Crippen molar-refractivity contribution in [1.29, 1.82) is 0 Å². The molecule has 0 unspecified atom stereocenters. The fraction of sp³-hybridized carbons (Fsp3) is 1.00. The van der Waals surface area contributed by atoms with Gasteiger partial charge in [-0.3, -0.25) is 0 Å². The molecule has 7 heteroatoms. The van der Waals surface area contributed by atoms with Gasteiger partial charge in [0.2, 0.25) is 0 Å². The van der Waals surface area contributed by atoms with Gasteiger partial charge >= 0.3 is 6.61 Å². The fourth-order valence-electron chi connectivity index (χ4n) is 0.0797. The minimum absolute atomic E-state index is 0.595. The van der Waals surface area contributed by atoms with E-state index in [4.69, 9.17) is 0 Å². The van der Waals surface area contributed by atoms with Gasteiger partial charge in [-0.2, -0.15) is 8.78 Å². The average molecular weight is 134 g/mol. The van der Waals surface area contributed by atoms with Crippen LogP contribution in [0.4, 0.5) is 17.7 Å². The summed E-state index contributed by atoms with van der Waals surface area (Å²) in [6, 6.07) is 0. The lowest BCUT2D eigenvalue weighted by Crippen LogP contribution is -2.25. The Morgan fingerprint density at radius 3 is 2.00 bits per heavy atom. The minimum Gasteiger partial charge on any atom is -0.215 e. The second kappa shape index (κ2) is 3.58. The highest BCUT2D eigenvalue weighted by molar-refractivity contribution is 3.95. The molecular formula is CH2F4N2O. The predicted molar refractivity (Wildman–Crippen MR) is 14.3 cm³/mol. The van der Waals surface area contributed by atoms with Gasteiger partial charge in [-0.15, -0.1) is 0 Å². The maximum atomic E-state index is 10.8. The third-order valence-corrected chi connectivity index (χ3v) is 0.211. The normalized spacial score (nSPS) is 11.2. The number of nitrogens with one attached hydrogen (secondary N) is 1. The third kappa shape index (κ3) is 5.60. The Bertz CT molecular complexity index is 50.0. The van der Waals surface area contributed by atoms with Gasteiger partial charge in [-0.1, -0.05) is 14.6 Å². The molecule has 0 aliphatic rings. The largest absolute Gasteiger partial charge is 0.361 e. The molecule has 1 N–H and O–H groups in total. The summed E-state index contributed by atoms with van der Waals surface area (Å²) in [6.45, 7) is -3.25. The second-order valence-corrected chi connectivity index (χ2v) is 0.703. The van der Waals surface area contributed by atoms with Crippen LogP contribution in [0.1, 0.15) is 0 Å². The Morgan fingerprint density at radius 2 is 1.88 bits per heavy atom. The van der Waals surface area contributed by atoms with Crippen LogP contribution in [0.5, 0.6) is 0 Å². The number of halogens is 4. The van der Waals surface area contributed by atoms with Gasteiger partial charge in [-0.25, -0.2) is 4.84 Å². The highest BCUT2D eigenvalue weighted by Gasteiger charge is 2.04. The molecule has 0 atom stereocenters. The van der Waals surface area contributed by atoms with E-state index < -0.39 is 12.1 Å². The number of alkyl halides is 2. The van der Waals surface area contributed by atoms with Gasteiger partial charge in [0.15, 0.2) is 0 Å². The van der Waals surface area contributed by atoms with Crippen LogP contribution >= 0.6 is 0 Å². The maximum Gasteiger partial charge on any atom is 0.361 e. The van der Waals surface area contributed by atoms with Crippen LogP contribution in [-0.4, -0.2) is 12.1 Å². The zero-order valence-corrected chi connectivity index (χ0v) is 3.44. The molecule has 0 heterocycles. The maximum absolute atomic E-state index is 10.8. The standard InChI is InChI=1S/CH2F4N2O/c2-1(3)8-6-7(4)5/h1,6H. The highest BCUT2D eigenvalue weighted by atomic mass is 19.4. The third-order valence-electron chi connectivity index (χ3n) is 0.211. The molecule has 0 bridgehead atoms. The van der Waals surface area contributed by atoms with Crippen molar-refractivity contribution in [3.63, 3.8) is 0 Å². The summed E-state index contributed by atoms with van der Waals surface area (Å²) in [7, 11) is 0. The molecule has 0 aliphatic carbocycles. The molecule has 50 valence electrons. The Balaban J connectivity index is 2.93. The summed E-state index contributed by atoms with van der Waals surface area (Å²) in [5, 5.41) is 0. The Labute approximate surface area is 41.6 Å². The van der Waals surface area contributed by atoms with Crippen molar-refractivity contribution < 1.29 is 22.6 Å². The summed E-state index contributed by atoms with van der Waals surface area (Å²) >= 11 is 0. The Morgan fingerprint density at radius 1 is 1.38 bits per heavy atom. The van der Waals surface area contributed by atoms with Crippen molar-refractivity contribution in [2.24, 2.45) is 0 Å². The molecule has 0 saturated carbocycles. The second-order valence-electron chi connectivity index (χ2n) is 0.703. The SMILES string of the molecule is FC(F)ONN(F)F. The summed E-state index contributed by atoms with van der Waals surface area (Å²) in [4.78, 5) is 2.90. The molecular weight excluding hydrogens is 132 g/mol. The Hall–Kier alpha value is -0.400. The van der Waals surface area contributed by atoms with Crippen molar-refractivity contribution in [1.82, 2.24) is 11.0 Å². The van der Waals surface area contributed by atoms with Gasteiger partial charge in [-0.05, 0) is 0 Å². The topological polar surface area (TPSA) is 24.5 Å². The van der Waals surface area contributed by atoms with Crippen LogP contribution in [-0.2, 0) is 4.84 Å². The van der Waals surface area contributed by atoms with E-state index in [-0.39, 0.29) is 0 Å². The van der Waals surface area contributed by atoms with E-state index in [1.54, 1.807) is 0 Å². The molecule has 0 radical (unpaired) electrons. The van der Waals surface area contributed by atoms with Crippen LogP contribution in [0.25, 0.3) is 0 Å². The quantitative estimate of drug-likeness (QED) is 0.349. The molecule has 0 saturated heterocycles. The van der Waals surface area contributed by atoms with E-state index >= 15 is 0 Å². The molecule has 3 nitrogen and oxygen atoms in total. The van der Waals surface area contributed by atoms with Crippen molar-refractivity contribution in [3.05, 3.63) is 0 Å². The van der Waals surface area contributed by atoms with Crippen molar-refractivity contribution in [2.45, 2.75) is 6.61 Å². The lowest BCUT2D eigenvalue weighted by molar-refractivity contribution is -0.330. The summed E-state index contributed by atoms with van der Waals surface area (Å²) in [5.41, 5.74) is -1.14. The Kier molecular flexibility index (Phi) is 3.40. The molecule has 0 spiro atoms. The van der Waals surface area contributed by atoms with Crippen LogP contribution < -0.4 is 5.59 Å². The van der Waals surface area contributed by atoms with Gasteiger partial charge in [0, 0.05) is 0 Å². The molecule has 0 rings (SSSR count). The molecule has 0 aromatic carbocycles. The lowest BCUT2D eigenvalue weighted by atomic mass is 11.5. The molecule has 0 amide bonds. The smallest absolute Gasteiger partial charge is 0.215 e. The van der Waals surface area contributed by atoms with Crippen LogP contribution in [0.3, 0.4) is 0 Å². The van der Waals surface area contributed by atoms with Gasteiger partial charge < -0.3 is 0 Å². The first-order chi connectivity index (χ1) is 3.63. The molecule has 8 heavy (non-hydrogen) atoms. The number of rotatable bonds is 3. The van der Waals surface area contributed by atoms with Crippen LogP contribution in [0.2, 0.25) is 0 Å². The highest BCUT2D eigenvalue weighted by Crippen LogP contribution is 1.91. The monoisotopic (exact) mass is 134 g/mol. The first-order valence-electron chi connectivity index (χ1n) is 1.44. The van der Waals surface area contributed by atoms with Gasteiger partial charge in [0.05, 0.1) is 0 Å². The molecule has 0 aromatic heterocycles. The number of nitrogens with zero attached hydrogens (tertiary/aromatic N) is 1. The van der Waals surface area contributed by atoms with Crippen molar-refractivity contribution in [3.8, 4) is 0 Å². The summed E-state index contributed by atoms with van der Waals surface area (Å²) in [6.07, 6.45) is 0. The van der Waals surface area contributed by atoms with Crippen LogP contribution in [0.15, 0.2) is 0 Å². The van der Waals surface area contributed by atoms with E-state index in [2.05, 4.69) is 4.84 Å². The first-order valence-corrected chi connectivity index (χ1v) is 1.44. The average Bonchev–Trinajstić information content (AvgIpc) is 1.61.